The summed E-state index contributed by atoms with van der Waals surface area (Å²) < 4.78 is 45.3. The Hall–Kier alpha value is -1.06. The van der Waals surface area contributed by atoms with E-state index < -0.39 is 18.1 Å². The number of hydrogen-bond acceptors (Lipinski definition) is 4. The number of carbonyl (C=O) groups is 1. The van der Waals surface area contributed by atoms with Gasteiger partial charge in [-0.25, -0.2) is 4.79 Å². The van der Waals surface area contributed by atoms with Crippen LogP contribution in [0.2, 0.25) is 0 Å². The highest BCUT2D eigenvalue weighted by Gasteiger charge is 2.34. The van der Waals surface area contributed by atoms with Gasteiger partial charge in [0.25, 0.3) is 0 Å². The van der Waals surface area contributed by atoms with E-state index in [1.165, 1.54) is 0 Å². The van der Waals surface area contributed by atoms with Crippen LogP contribution >= 0.6 is 22.6 Å². The lowest BCUT2D eigenvalue weighted by molar-refractivity contribution is -0.274. The van der Waals surface area contributed by atoms with E-state index >= 15 is 0 Å². The van der Waals surface area contributed by atoms with Gasteiger partial charge in [-0.15, -0.1) is 13.2 Å². The maximum Gasteiger partial charge on any atom is 0.573 e. The summed E-state index contributed by atoms with van der Waals surface area (Å²) in [7, 11) is 0. The molecule has 1 rings (SSSR count). The maximum atomic E-state index is 12.2. The average Bonchev–Trinajstić information content (AvgIpc) is 2.22. The number of pyridine rings is 1. The Balaban J connectivity index is 3.25. The number of aryl methyl sites for hydroxylation is 1. The Morgan fingerprint density at radius 2 is 2.11 bits per heavy atom. The molecule has 1 aromatic rings. The van der Waals surface area contributed by atoms with Crippen molar-refractivity contribution < 1.29 is 27.4 Å². The van der Waals surface area contributed by atoms with Crippen LogP contribution in [0.3, 0.4) is 0 Å². The van der Waals surface area contributed by atoms with E-state index in [0.717, 1.165) is 6.20 Å². The Bertz CT molecular complexity index is 462. The molecule has 8 heteroatoms. The molecule has 0 unspecified atom stereocenters. The third-order valence-corrected chi connectivity index (χ3v) is 3.18. The minimum absolute atomic E-state index is 0.0573. The van der Waals surface area contributed by atoms with E-state index in [4.69, 9.17) is 4.74 Å². The lowest BCUT2D eigenvalue weighted by Crippen LogP contribution is -2.21. The van der Waals surface area contributed by atoms with Crippen LogP contribution in [0.15, 0.2) is 6.20 Å². The summed E-state index contributed by atoms with van der Waals surface area (Å²) in [5, 5.41) is 0. The maximum absolute atomic E-state index is 12.2. The molecule has 0 aliphatic rings. The third kappa shape index (κ3) is 3.72. The minimum atomic E-state index is -4.89. The van der Waals surface area contributed by atoms with Crippen LogP contribution in [-0.2, 0) is 4.74 Å². The van der Waals surface area contributed by atoms with Crippen LogP contribution in [0.5, 0.6) is 5.75 Å². The predicted octanol–water partition coefficient (Wildman–Crippen LogP) is 3.07. The van der Waals surface area contributed by atoms with Crippen molar-refractivity contribution >= 4 is 28.6 Å². The van der Waals surface area contributed by atoms with Crippen molar-refractivity contribution in [3.05, 3.63) is 21.0 Å². The number of ether oxygens (including phenoxy) is 2. The molecule has 0 aliphatic carbocycles. The normalized spacial score (nSPS) is 11.2. The zero-order chi connectivity index (χ0) is 13.9. The van der Waals surface area contributed by atoms with Crippen LogP contribution in [0.4, 0.5) is 13.2 Å². The fourth-order valence-electron chi connectivity index (χ4n) is 1.16. The second-order valence-corrected chi connectivity index (χ2v) is 4.24. The van der Waals surface area contributed by atoms with Crippen LogP contribution in [0.1, 0.15) is 23.0 Å². The summed E-state index contributed by atoms with van der Waals surface area (Å²) in [5.41, 5.74) is 0.162. The van der Waals surface area contributed by atoms with Crippen molar-refractivity contribution in [1.82, 2.24) is 4.98 Å². The first kappa shape index (κ1) is 15.0. The minimum Gasteiger partial charge on any atom is -0.462 e. The number of hydrogen-bond donors (Lipinski definition) is 0. The van der Waals surface area contributed by atoms with Crippen molar-refractivity contribution in [3.63, 3.8) is 0 Å². The van der Waals surface area contributed by atoms with Gasteiger partial charge < -0.3 is 9.47 Å². The zero-order valence-electron chi connectivity index (χ0n) is 9.47. The Labute approximate surface area is 115 Å². The van der Waals surface area contributed by atoms with Crippen molar-refractivity contribution in [2.24, 2.45) is 0 Å². The van der Waals surface area contributed by atoms with Crippen molar-refractivity contribution in [2.75, 3.05) is 6.61 Å². The van der Waals surface area contributed by atoms with Gasteiger partial charge in [-0.2, -0.15) is 0 Å². The number of aromatic nitrogens is 1. The molecule has 0 aliphatic heterocycles. The molecule has 0 spiro atoms. The highest BCUT2D eigenvalue weighted by Crippen LogP contribution is 2.30. The molecule has 0 saturated heterocycles. The number of alkyl halides is 3. The van der Waals surface area contributed by atoms with Gasteiger partial charge in [-0.05, 0) is 36.4 Å². The van der Waals surface area contributed by atoms with Crippen molar-refractivity contribution in [1.29, 1.82) is 0 Å². The van der Waals surface area contributed by atoms with Gasteiger partial charge in [-0.3, -0.25) is 4.98 Å². The third-order valence-electron chi connectivity index (χ3n) is 1.86. The van der Waals surface area contributed by atoms with E-state index in [9.17, 15) is 18.0 Å². The molecular weight excluding hydrogens is 366 g/mol. The summed E-state index contributed by atoms with van der Waals surface area (Å²) in [6.45, 7) is 3.19. The molecule has 0 fully saturated rings. The second-order valence-electron chi connectivity index (χ2n) is 3.17. The summed E-state index contributed by atoms with van der Waals surface area (Å²) in [6.07, 6.45) is -4.03. The van der Waals surface area contributed by atoms with E-state index in [2.05, 4.69) is 9.72 Å². The molecule has 0 bridgehead atoms. The molecule has 0 saturated carbocycles. The SMILES string of the molecule is CCOC(=O)c1c(OC(F)(F)F)cnc(C)c1I. The molecule has 1 aromatic heterocycles. The first-order chi connectivity index (χ1) is 8.26. The zero-order valence-corrected chi connectivity index (χ0v) is 11.6. The van der Waals surface area contributed by atoms with Crippen molar-refractivity contribution in [2.45, 2.75) is 20.2 Å². The molecular formula is C10H9F3INO3. The standard InChI is InChI=1S/C10H9F3INO3/c1-3-17-9(16)7-6(18-10(11,12)13)4-15-5(2)8(7)14/h4H,3H2,1-2H3. The number of halogens is 4. The smallest absolute Gasteiger partial charge is 0.462 e. The van der Waals surface area contributed by atoms with Gasteiger partial charge in [0, 0.05) is 0 Å². The van der Waals surface area contributed by atoms with Crippen LogP contribution in [-0.4, -0.2) is 23.9 Å². The Morgan fingerprint density at radius 3 is 2.61 bits per heavy atom. The average molecular weight is 375 g/mol. The largest absolute Gasteiger partial charge is 0.573 e. The predicted molar refractivity (Wildman–Crippen MR) is 64.3 cm³/mol. The van der Waals surface area contributed by atoms with E-state index in [0.29, 0.717) is 5.69 Å². The molecule has 4 nitrogen and oxygen atoms in total. The molecule has 1 heterocycles. The quantitative estimate of drug-likeness (QED) is 0.602. The van der Waals surface area contributed by atoms with Gasteiger partial charge in [0.1, 0.15) is 5.56 Å². The van der Waals surface area contributed by atoms with Gasteiger partial charge >= 0.3 is 12.3 Å². The first-order valence-electron chi connectivity index (χ1n) is 4.84. The fraction of sp³-hybridized carbons (Fsp3) is 0.400. The number of rotatable bonds is 3. The molecule has 0 amide bonds. The monoisotopic (exact) mass is 375 g/mol. The molecule has 18 heavy (non-hydrogen) atoms. The number of esters is 1. The topological polar surface area (TPSA) is 48.4 Å². The first-order valence-corrected chi connectivity index (χ1v) is 5.92. The van der Waals surface area contributed by atoms with Crippen LogP contribution in [0.25, 0.3) is 0 Å². The fourth-order valence-corrected chi connectivity index (χ4v) is 1.79. The van der Waals surface area contributed by atoms with Gasteiger partial charge in [0.15, 0.2) is 5.75 Å². The molecule has 100 valence electrons. The molecule has 0 N–H and O–H groups in total. The summed E-state index contributed by atoms with van der Waals surface area (Å²) in [4.78, 5) is 15.3. The lowest BCUT2D eigenvalue weighted by Gasteiger charge is -2.14. The van der Waals surface area contributed by atoms with Crippen molar-refractivity contribution in [3.8, 4) is 5.75 Å². The molecule has 0 atom stereocenters. The highest BCUT2D eigenvalue weighted by molar-refractivity contribution is 14.1. The molecule has 0 radical (unpaired) electrons. The van der Waals surface area contributed by atoms with E-state index in [1.807, 2.05) is 0 Å². The Kier molecular flexibility index (Phi) is 4.77. The van der Waals surface area contributed by atoms with Gasteiger partial charge in [0.2, 0.25) is 0 Å². The summed E-state index contributed by atoms with van der Waals surface area (Å²) in [6, 6.07) is 0. The molecule has 0 aromatic carbocycles. The van der Waals surface area contributed by atoms with E-state index in [1.54, 1.807) is 36.4 Å². The van der Waals surface area contributed by atoms with Gasteiger partial charge in [0.05, 0.1) is 22.1 Å². The summed E-state index contributed by atoms with van der Waals surface area (Å²) in [5.74, 6) is -1.53. The van der Waals surface area contributed by atoms with E-state index in [-0.39, 0.29) is 15.7 Å². The second kappa shape index (κ2) is 5.72. The number of carbonyl (C=O) groups excluding carboxylic acids is 1. The number of nitrogens with zero attached hydrogens (tertiary/aromatic N) is 1. The van der Waals surface area contributed by atoms with Crippen LogP contribution < -0.4 is 4.74 Å². The Morgan fingerprint density at radius 1 is 1.50 bits per heavy atom. The highest BCUT2D eigenvalue weighted by atomic mass is 127. The lowest BCUT2D eigenvalue weighted by atomic mass is 10.2. The summed E-state index contributed by atoms with van der Waals surface area (Å²) >= 11 is 1.73. The van der Waals surface area contributed by atoms with Gasteiger partial charge in [-0.1, -0.05) is 0 Å². The van der Waals surface area contributed by atoms with Crippen LogP contribution in [0, 0.1) is 10.5 Å².